The Hall–Kier alpha value is -2.49. The first-order chi connectivity index (χ1) is 10.7. The van der Waals surface area contributed by atoms with Crippen molar-refractivity contribution < 1.29 is 9.59 Å². The van der Waals surface area contributed by atoms with Crippen LogP contribution in [-0.2, 0) is 11.3 Å². The molecule has 0 aliphatic carbocycles. The summed E-state index contributed by atoms with van der Waals surface area (Å²) in [5, 5.41) is 0. The lowest BCUT2D eigenvalue weighted by Gasteiger charge is -2.21. The molecule has 2 rings (SSSR count). The Morgan fingerprint density at radius 3 is 2.45 bits per heavy atom. The van der Waals surface area contributed by atoms with Crippen LogP contribution in [0.15, 0.2) is 54.9 Å². The van der Waals surface area contributed by atoms with E-state index in [1.165, 1.54) is 6.20 Å². The molecule has 2 aromatic rings. The van der Waals surface area contributed by atoms with Crippen molar-refractivity contribution in [2.24, 2.45) is 0 Å². The fraction of sp³-hybridized carbons (Fsp3) is 0.278. The molecule has 0 fully saturated rings. The molecule has 0 unspecified atom stereocenters. The van der Waals surface area contributed by atoms with Gasteiger partial charge in [0.05, 0.1) is 0 Å². The summed E-state index contributed by atoms with van der Waals surface area (Å²) in [5.74, 6) is -0.0409. The summed E-state index contributed by atoms with van der Waals surface area (Å²) in [5.41, 5.74) is 1.65. The van der Waals surface area contributed by atoms with Crippen LogP contribution in [0.1, 0.15) is 35.7 Å². The summed E-state index contributed by atoms with van der Waals surface area (Å²) in [4.78, 5) is 30.0. The summed E-state index contributed by atoms with van der Waals surface area (Å²) >= 11 is 0. The van der Waals surface area contributed by atoms with Gasteiger partial charge in [-0.1, -0.05) is 30.3 Å². The van der Waals surface area contributed by atoms with Gasteiger partial charge in [-0.15, -0.1) is 0 Å². The number of amides is 1. The summed E-state index contributed by atoms with van der Waals surface area (Å²) in [6, 6.07) is 13.3. The van der Waals surface area contributed by atoms with E-state index in [0.717, 1.165) is 5.56 Å². The van der Waals surface area contributed by atoms with E-state index in [-0.39, 0.29) is 24.5 Å². The summed E-state index contributed by atoms with van der Waals surface area (Å²) in [6.45, 7) is 3.16. The first-order valence-electron chi connectivity index (χ1n) is 7.45. The highest BCUT2D eigenvalue weighted by Crippen LogP contribution is 2.09. The van der Waals surface area contributed by atoms with Crippen molar-refractivity contribution in [2.45, 2.75) is 26.3 Å². The number of nitrogens with zero attached hydrogens (tertiary/aromatic N) is 2. The van der Waals surface area contributed by atoms with E-state index >= 15 is 0 Å². The van der Waals surface area contributed by atoms with Gasteiger partial charge in [-0.05, 0) is 24.6 Å². The number of aromatic nitrogens is 1. The highest BCUT2D eigenvalue weighted by atomic mass is 16.2. The molecule has 0 saturated carbocycles. The summed E-state index contributed by atoms with van der Waals surface area (Å²) in [7, 11) is 0. The lowest BCUT2D eigenvalue weighted by molar-refractivity contribution is -0.131. The molecule has 0 saturated heterocycles. The number of pyridine rings is 1. The Labute approximate surface area is 130 Å². The average Bonchev–Trinajstić information content (AvgIpc) is 2.59. The van der Waals surface area contributed by atoms with Crippen molar-refractivity contribution in [3.63, 3.8) is 0 Å². The van der Waals surface area contributed by atoms with E-state index in [4.69, 9.17) is 0 Å². The number of hydrogen-bond acceptors (Lipinski definition) is 3. The van der Waals surface area contributed by atoms with Crippen LogP contribution < -0.4 is 0 Å². The van der Waals surface area contributed by atoms with Crippen LogP contribution in [0.25, 0.3) is 0 Å². The van der Waals surface area contributed by atoms with E-state index in [0.29, 0.717) is 18.7 Å². The maximum Gasteiger partial charge on any atom is 0.223 e. The molecular weight excluding hydrogens is 276 g/mol. The number of hydrogen-bond donors (Lipinski definition) is 0. The Bertz CT molecular complexity index is 611. The predicted molar refractivity (Wildman–Crippen MR) is 85.3 cm³/mol. The number of benzene rings is 1. The molecule has 0 radical (unpaired) electrons. The molecule has 0 N–H and O–H groups in total. The molecular formula is C18H20N2O2. The van der Waals surface area contributed by atoms with Crippen LogP contribution in [0.2, 0.25) is 0 Å². The van der Waals surface area contributed by atoms with E-state index in [1.54, 1.807) is 23.2 Å². The number of carbonyl (C=O) groups excluding carboxylic acids is 2. The molecule has 0 bridgehead atoms. The van der Waals surface area contributed by atoms with Gasteiger partial charge in [0.2, 0.25) is 5.91 Å². The highest BCUT2D eigenvalue weighted by molar-refractivity contribution is 5.97. The zero-order valence-corrected chi connectivity index (χ0v) is 12.7. The third kappa shape index (κ3) is 4.52. The molecule has 1 aromatic heterocycles. The van der Waals surface area contributed by atoms with Crippen molar-refractivity contribution in [3.8, 4) is 0 Å². The summed E-state index contributed by atoms with van der Waals surface area (Å²) < 4.78 is 0. The lowest BCUT2D eigenvalue weighted by Crippen LogP contribution is -2.30. The van der Waals surface area contributed by atoms with Gasteiger partial charge in [-0.25, -0.2) is 0 Å². The van der Waals surface area contributed by atoms with Gasteiger partial charge >= 0.3 is 0 Å². The van der Waals surface area contributed by atoms with Gasteiger partial charge in [-0.3, -0.25) is 14.6 Å². The molecule has 4 nitrogen and oxygen atoms in total. The number of carbonyl (C=O) groups is 2. The fourth-order valence-corrected chi connectivity index (χ4v) is 2.23. The monoisotopic (exact) mass is 296 g/mol. The second kappa shape index (κ2) is 8.08. The molecule has 114 valence electrons. The van der Waals surface area contributed by atoms with Crippen LogP contribution in [0.3, 0.4) is 0 Å². The van der Waals surface area contributed by atoms with Gasteiger partial charge in [0.25, 0.3) is 0 Å². The molecule has 1 aromatic carbocycles. The molecule has 1 amide bonds. The minimum atomic E-state index is -0.0442. The van der Waals surface area contributed by atoms with Crippen molar-refractivity contribution in [3.05, 3.63) is 66.0 Å². The van der Waals surface area contributed by atoms with Gasteiger partial charge in [-0.2, -0.15) is 0 Å². The Kier molecular flexibility index (Phi) is 5.83. The zero-order chi connectivity index (χ0) is 15.8. The SMILES string of the molecule is CCN(Cc1ccccc1)C(=O)CCC(=O)c1cccnc1. The largest absolute Gasteiger partial charge is 0.339 e. The Morgan fingerprint density at radius 2 is 1.82 bits per heavy atom. The van der Waals surface area contributed by atoms with E-state index in [9.17, 15) is 9.59 Å². The van der Waals surface area contributed by atoms with Gasteiger partial charge in [0, 0.05) is 43.9 Å². The van der Waals surface area contributed by atoms with Crippen LogP contribution in [0, 0.1) is 0 Å². The zero-order valence-electron chi connectivity index (χ0n) is 12.7. The Balaban J connectivity index is 1.88. The Morgan fingerprint density at radius 1 is 1.05 bits per heavy atom. The quantitative estimate of drug-likeness (QED) is 0.738. The van der Waals surface area contributed by atoms with Crippen LogP contribution in [0.4, 0.5) is 0 Å². The topological polar surface area (TPSA) is 50.3 Å². The third-order valence-corrected chi connectivity index (χ3v) is 3.50. The molecule has 4 heteroatoms. The van der Waals surface area contributed by atoms with E-state index in [2.05, 4.69) is 4.98 Å². The van der Waals surface area contributed by atoms with Crippen LogP contribution >= 0.6 is 0 Å². The highest BCUT2D eigenvalue weighted by Gasteiger charge is 2.14. The summed E-state index contributed by atoms with van der Waals surface area (Å²) in [6.07, 6.45) is 3.61. The van der Waals surface area contributed by atoms with Crippen molar-refractivity contribution >= 4 is 11.7 Å². The standard InChI is InChI=1S/C18H20N2O2/c1-2-20(14-15-7-4-3-5-8-15)18(22)11-10-17(21)16-9-6-12-19-13-16/h3-9,12-13H,2,10-11,14H2,1H3. The average molecular weight is 296 g/mol. The second-order valence-electron chi connectivity index (χ2n) is 5.06. The number of rotatable bonds is 7. The van der Waals surface area contributed by atoms with E-state index < -0.39 is 0 Å². The van der Waals surface area contributed by atoms with Gasteiger partial charge in [0.1, 0.15) is 0 Å². The van der Waals surface area contributed by atoms with Gasteiger partial charge in [0.15, 0.2) is 5.78 Å². The normalized spacial score (nSPS) is 10.2. The smallest absolute Gasteiger partial charge is 0.223 e. The molecule has 1 heterocycles. The van der Waals surface area contributed by atoms with Crippen LogP contribution in [0.5, 0.6) is 0 Å². The first-order valence-corrected chi connectivity index (χ1v) is 7.45. The fourth-order valence-electron chi connectivity index (χ4n) is 2.23. The predicted octanol–water partition coefficient (Wildman–Crippen LogP) is 3.09. The first kappa shape index (κ1) is 15.9. The number of ketones is 1. The molecule has 0 aliphatic rings. The van der Waals surface area contributed by atoms with Crippen molar-refractivity contribution in [1.29, 1.82) is 0 Å². The minimum absolute atomic E-state index is 0.00333. The van der Waals surface area contributed by atoms with Gasteiger partial charge < -0.3 is 4.90 Å². The van der Waals surface area contributed by atoms with Crippen LogP contribution in [-0.4, -0.2) is 28.1 Å². The maximum absolute atomic E-state index is 12.3. The molecule has 22 heavy (non-hydrogen) atoms. The maximum atomic E-state index is 12.3. The van der Waals surface area contributed by atoms with Crippen molar-refractivity contribution in [1.82, 2.24) is 9.88 Å². The lowest BCUT2D eigenvalue weighted by atomic mass is 10.1. The second-order valence-corrected chi connectivity index (χ2v) is 5.06. The van der Waals surface area contributed by atoms with E-state index in [1.807, 2.05) is 37.3 Å². The molecule has 0 aliphatic heterocycles. The molecule has 0 spiro atoms. The third-order valence-electron chi connectivity index (χ3n) is 3.50. The molecule has 0 atom stereocenters. The van der Waals surface area contributed by atoms with Crippen molar-refractivity contribution in [2.75, 3.05) is 6.54 Å². The number of Topliss-reactive ketones (excluding diaryl/α,β-unsaturated/α-hetero) is 1. The minimum Gasteiger partial charge on any atom is -0.339 e.